The Hall–Kier alpha value is -2.06. The van der Waals surface area contributed by atoms with E-state index in [1.54, 1.807) is 6.07 Å². The minimum atomic E-state index is -0.276. The highest BCUT2D eigenvalue weighted by atomic mass is 79.9. The summed E-state index contributed by atoms with van der Waals surface area (Å²) in [4.78, 5) is 0. The first-order valence-electron chi connectivity index (χ1n) is 5.96. The Morgan fingerprint density at radius 1 is 1.20 bits per heavy atom. The maximum Gasteiger partial charge on any atom is 0.174 e. The Bertz CT molecular complexity index is 623. The lowest BCUT2D eigenvalue weighted by Crippen LogP contribution is -2.00. The zero-order chi connectivity index (χ0) is 14.4. The number of hydrogen-bond acceptors (Lipinski definition) is 3. The lowest BCUT2D eigenvalue weighted by Gasteiger charge is -2.09. The Morgan fingerprint density at radius 2 is 1.95 bits per heavy atom. The topological polar surface area (TPSA) is 45.0 Å². The minimum Gasteiger partial charge on any atom is -0.479 e. The van der Waals surface area contributed by atoms with E-state index in [9.17, 15) is 4.39 Å². The third-order valence-electron chi connectivity index (χ3n) is 2.64. The summed E-state index contributed by atoms with van der Waals surface area (Å²) >= 11 is 3.31. The zero-order valence-corrected chi connectivity index (χ0v) is 12.2. The van der Waals surface area contributed by atoms with Crippen molar-refractivity contribution in [2.24, 2.45) is 0 Å². The highest BCUT2D eigenvalue weighted by Gasteiger charge is 2.01. The molecule has 3 nitrogen and oxygen atoms in total. The molecule has 2 aromatic rings. The van der Waals surface area contributed by atoms with Crippen LogP contribution in [0.25, 0.3) is 0 Å². The van der Waals surface area contributed by atoms with Gasteiger partial charge in [0.2, 0.25) is 0 Å². The van der Waals surface area contributed by atoms with Crippen molar-refractivity contribution >= 4 is 21.6 Å². The maximum atomic E-state index is 13.0. The molecule has 0 atom stereocenters. The largest absolute Gasteiger partial charge is 0.479 e. The first-order valence-corrected chi connectivity index (χ1v) is 6.76. The number of benzene rings is 2. The fourth-order valence-electron chi connectivity index (χ4n) is 1.65. The van der Waals surface area contributed by atoms with Crippen molar-refractivity contribution in [1.29, 1.82) is 5.26 Å². The van der Waals surface area contributed by atoms with Crippen molar-refractivity contribution in [3.05, 3.63) is 58.3 Å². The number of ether oxygens (including phenoxy) is 1. The number of nitrogens with one attached hydrogen (secondary N) is 1. The van der Waals surface area contributed by atoms with E-state index in [0.29, 0.717) is 16.8 Å². The molecule has 0 aromatic heterocycles. The molecule has 0 aliphatic rings. The smallest absolute Gasteiger partial charge is 0.174 e. The molecular weight excluding hydrogens is 323 g/mol. The van der Waals surface area contributed by atoms with Crippen LogP contribution in [0.1, 0.15) is 5.56 Å². The molecule has 0 saturated heterocycles. The fraction of sp³-hybridized carbons (Fsp3) is 0.133. The maximum absolute atomic E-state index is 13.0. The van der Waals surface area contributed by atoms with Crippen LogP contribution >= 0.6 is 15.9 Å². The number of anilines is 1. The monoisotopic (exact) mass is 334 g/mol. The number of rotatable bonds is 5. The molecule has 2 aromatic carbocycles. The fourth-order valence-corrected chi connectivity index (χ4v) is 2.14. The van der Waals surface area contributed by atoms with Gasteiger partial charge in [-0.05, 0) is 51.8 Å². The second kappa shape index (κ2) is 6.92. The second-order valence-corrected chi connectivity index (χ2v) is 4.92. The molecule has 0 radical (unpaired) electrons. The summed E-state index contributed by atoms with van der Waals surface area (Å²) in [6.07, 6.45) is 0. The van der Waals surface area contributed by atoms with Gasteiger partial charge in [-0.2, -0.15) is 5.26 Å². The van der Waals surface area contributed by atoms with Crippen LogP contribution < -0.4 is 10.1 Å². The molecule has 5 heteroatoms. The summed E-state index contributed by atoms with van der Waals surface area (Å²) in [5.41, 5.74) is 1.89. The molecule has 0 fully saturated rings. The molecule has 0 bridgehead atoms. The third kappa shape index (κ3) is 3.97. The van der Waals surface area contributed by atoms with Crippen molar-refractivity contribution in [3.8, 4) is 11.8 Å². The lowest BCUT2D eigenvalue weighted by atomic mass is 10.2. The molecule has 2 rings (SSSR count). The van der Waals surface area contributed by atoms with E-state index in [1.165, 1.54) is 12.1 Å². The molecule has 0 aliphatic carbocycles. The van der Waals surface area contributed by atoms with E-state index < -0.39 is 0 Å². The molecule has 0 unspecified atom stereocenters. The molecule has 1 N–H and O–H groups in total. The summed E-state index contributed by atoms with van der Waals surface area (Å²) in [5.74, 6) is 0.389. The van der Waals surface area contributed by atoms with Gasteiger partial charge in [0.25, 0.3) is 0 Å². The average Bonchev–Trinajstić information content (AvgIpc) is 2.45. The minimum absolute atomic E-state index is 0.0418. The number of nitrogens with zero attached hydrogens (tertiary/aromatic N) is 1. The van der Waals surface area contributed by atoms with E-state index >= 15 is 0 Å². The molecule has 0 aliphatic heterocycles. The van der Waals surface area contributed by atoms with E-state index in [2.05, 4.69) is 21.2 Å². The zero-order valence-electron chi connectivity index (χ0n) is 10.6. The van der Waals surface area contributed by atoms with E-state index in [-0.39, 0.29) is 12.4 Å². The van der Waals surface area contributed by atoms with Crippen molar-refractivity contribution in [3.63, 3.8) is 0 Å². The molecule has 0 amide bonds. The third-order valence-corrected chi connectivity index (χ3v) is 3.30. The summed E-state index contributed by atoms with van der Waals surface area (Å²) in [5, 5.41) is 11.6. The number of nitriles is 1. The van der Waals surface area contributed by atoms with Crippen LogP contribution in [0, 0.1) is 17.1 Å². The standard InChI is InChI=1S/C15H12BrFN2O/c16-14-9-12(17)3-6-15(14)19-10-11-1-4-13(5-2-11)20-8-7-18/h1-6,9,19H,8,10H2. The molecule has 0 heterocycles. The van der Waals surface area contributed by atoms with Crippen molar-refractivity contribution in [1.82, 2.24) is 0 Å². The van der Waals surface area contributed by atoms with E-state index in [0.717, 1.165) is 11.3 Å². The highest BCUT2D eigenvalue weighted by molar-refractivity contribution is 9.10. The Morgan fingerprint density at radius 3 is 2.60 bits per heavy atom. The van der Waals surface area contributed by atoms with Gasteiger partial charge in [0.1, 0.15) is 17.6 Å². The van der Waals surface area contributed by atoms with Gasteiger partial charge >= 0.3 is 0 Å². The summed E-state index contributed by atoms with van der Waals surface area (Å²) in [6, 6.07) is 13.9. The highest BCUT2D eigenvalue weighted by Crippen LogP contribution is 2.23. The quantitative estimate of drug-likeness (QED) is 0.895. The van der Waals surface area contributed by atoms with Gasteiger partial charge in [0.05, 0.1) is 0 Å². The van der Waals surface area contributed by atoms with Gasteiger partial charge in [-0.25, -0.2) is 4.39 Å². The Labute approximate surface area is 125 Å². The van der Waals surface area contributed by atoms with Gasteiger partial charge in [-0.15, -0.1) is 0 Å². The van der Waals surface area contributed by atoms with Crippen molar-refractivity contribution in [2.45, 2.75) is 6.54 Å². The van der Waals surface area contributed by atoms with Crippen molar-refractivity contribution in [2.75, 3.05) is 11.9 Å². The molecule has 0 spiro atoms. The van der Waals surface area contributed by atoms with Gasteiger partial charge in [-0.1, -0.05) is 12.1 Å². The number of halogens is 2. The van der Waals surface area contributed by atoms with Gasteiger partial charge in [0.15, 0.2) is 6.61 Å². The summed E-state index contributed by atoms with van der Waals surface area (Å²) < 4.78 is 18.8. The van der Waals surface area contributed by atoms with Crippen LogP contribution in [0.15, 0.2) is 46.9 Å². The van der Waals surface area contributed by atoms with Crippen LogP contribution in [-0.4, -0.2) is 6.61 Å². The molecule has 102 valence electrons. The first-order chi connectivity index (χ1) is 9.69. The summed E-state index contributed by atoms with van der Waals surface area (Å²) in [6.45, 7) is 0.656. The van der Waals surface area contributed by atoms with Crippen LogP contribution in [0.2, 0.25) is 0 Å². The predicted molar refractivity (Wildman–Crippen MR) is 79.0 cm³/mol. The van der Waals surface area contributed by atoms with Crippen molar-refractivity contribution < 1.29 is 9.13 Å². The SMILES string of the molecule is N#CCOc1ccc(CNc2ccc(F)cc2Br)cc1. The number of hydrogen-bond donors (Lipinski definition) is 1. The molecular formula is C15H12BrFN2O. The van der Waals surface area contributed by atoms with Gasteiger partial charge in [-0.3, -0.25) is 0 Å². The second-order valence-electron chi connectivity index (χ2n) is 4.07. The average molecular weight is 335 g/mol. The van der Waals surface area contributed by atoms with Crippen LogP contribution in [0.5, 0.6) is 5.75 Å². The lowest BCUT2D eigenvalue weighted by molar-refractivity contribution is 0.368. The predicted octanol–water partition coefficient (Wildman–Crippen LogP) is 4.10. The Kier molecular flexibility index (Phi) is 4.97. The summed E-state index contributed by atoms with van der Waals surface area (Å²) in [7, 11) is 0. The van der Waals surface area contributed by atoms with E-state index in [1.807, 2.05) is 30.3 Å². The molecule has 0 saturated carbocycles. The van der Waals surface area contributed by atoms with Crippen LogP contribution in [-0.2, 0) is 6.54 Å². The van der Waals surface area contributed by atoms with Crippen LogP contribution in [0.3, 0.4) is 0 Å². The van der Waals surface area contributed by atoms with Crippen LogP contribution in [0.4, 0.5) is 10.1 Å². The van der Waals surface area contributed by atoms with E-state index in [4.69, 9.17) is 10.00 Å². The molecule has 20 heavy (non-hydrogen) atoms. The normalized spacial score (nSPS) is 9.85. The Balaban J connectivity index is 1.95. The first kappa shape index (κ1) is 14.4. The van der Waals surface area contributed by atoms with Gasteiger partial charge < -0.3 is 10.1 Å². The van der Waals surface area contributed by atoms with Gasteiger partial charge in [0, 0.05) is 16.7 Å².